The zero-order valence-electron chi connectivity index (χ0n) is 16.5. The van der Waals surface area contributed by atoms with Crippen molar-refractivity contribution in [1.29, 1.82) is 0 Å². The minimum atomic E-state index is -1.34. The number of benzene rings is 1. The first-order chi connectivity index (χ1) is 13.6. The molecule has 1 aliphatic carbocycles. The van der Waals surface area contributed by atoms with E-state index in [-0.39, 0.29) is 12.3 Å². The molecule has 1 aliphatic rings. The van der Waals surface area contributed by atoms with E-state index in [0.29, 0.717) is 17.2 Å². The first-order valence-corrected chi connectivity index (χ1v) is 11.0. The number of hydrogen-bond acceptors (Lipinski definition) is 6. The lowest BCUT2D eigenvalue weighted by Crippen LogP contribution is -2.57. The summed E-state index contributed by atoms with van der Waals surface area (Å²) in [6, 6.07) is 6.36. The molecule has 29 heavy (non-hydrogen) atoms. The number of amides is 2. The minimum absolute atomic E-state index is 0.0183. The van der Waals surface area contributed by atoms with E-state index in [9.17, 15) is 24.9 Å². The molecule has 0 aromatic heterocycles. The number of aliphatic hydroxyl groups excluding tert-OH is 3. The molecule has 0 bridgehead atoms. The molecule has 1 aromatic carbocycles. The number of thioether (sulfide) groups is 1. The Kier molecular flexibility index (Phi) is 8.78. The highest BCUT2D eigenvalue weighted by Gasteiger charge is 2.46. The molecule has 9 heteroatoms. The van der Waals surface area contributed by atoms with E-state index < -0.39 is 47.3 Å². The normalized spacial score (nSPS) is 28.2. The molecule has 0 aliphatic heterocycles. The summed E-state index contributed by atoms with van der Waals surface area (Å²) in [5.41, 5.74) is 6.36. The van der Waals surface area contributed by atoms with Gasteiger partial charge in [0.15, 0.2) is 0 Å². The molecule has 1 aromatic rings. The molecule has 7 nitrogen and oxygen atoms in total. The van der Waals surface area contributed by atoms with Crippen LogP contribution in [0, 0.1) is 11.8 Å². The van der Waals surface area contributed by atoms with Gasteiger partial charge in [0.25, 0.3) is 0 Å². The average Bonchev–Trinajstić information content (AvgIpc) is 2.65. The van der Waals surface area contributed by atoms with Gasteiger partial charge in [0.1, 0.15) is 12.1 Å². The van der Waals surface area contributed by atoms with Crippen molar-refractivity contribution < 1.29 is 24.9 Å². The van der Waals surface area contributed by atoms with Crippen LogP contribution in [0.1, 0.15) is 32.3 Å². The van der Waals surface area contributed by atoms with Gasteiger partial charge in [-0.05, 0) is 36.5 Å². The molecule has 0 heterocycles. The number of hydrogen-bond donors (Lipinski definition) is 5. The van der Waals surface area contributed by atoms with Gasteiger partial charge < -0.3 is 26.4 Å². The van der Waals surface area contributed by atoms with Crippen LogP contribution in [0.3, 0.4) is 0 Å². The van der Waals surface area contributed by atoms with E-state index in [1.807, 2.05) is 26.0 Å². The molecular formula is C20H29ClN2O5S. The molecule has 6 atom stereocenters. The highest BCUT2D eigenvalue weighted by atomic mass is 35.5. The fourth-order valence-electron chi connectivity index (χ4n) is 3.43. The van der Waals surface area contributed by atoms with Crippen LogP contribution >= 0.6 is 23.4 Å². The van der Waals surface area contributed by atoms with Crippen LogP contribution < -0.4 is 11.1 Å². The van der Waals surface area contributed by atoms with Crippen molar-refractivity contribution >= 4 is 35.2 Å². The van der Waals surface area contributed by atoms with E-state index in [1.165, 1.54) is 11.8 Å². The number of aliphatic hydroxyl groups is 3. The predicted molar refractivity (Wildman–Crippen MR) is 113 cm³/mol. The van der Waals surface area contributed by atoms with Crippen LogP contribution in [-0.4, -0.2) is 56.7 Å². The highest BCUT2D eigenvalue weighted by Crippen LogP contribution is 2.36. The Hall–Kier alpha value is -1.32. The van der Waals surface area contributed by atoms with Crippen LogP contribution in [-0.2, 0) is 15.3 Å². The Morgan fingerprint density at radius 1 is 1.21 bits per heavy atom. The molecule has 0 spiro atoms. The molecule has 0 saturated heterocycles. The van der Waals surface area contributed by atoms with Crippen LogP contribution in [0.2, 0.25) is 5.02 Å². The Morgan fingerprint density at radius 2 is 1.83 bits per heavy atom. The van der Waals surface area contributed by atoms with Crippen LogP contribution in [0.15, 0.2) is 24.3 Å². The van der Waals surface area contributed by atoms with E-state index in [4.69, 9.17) is 17.3 Å². The zero-order valence-corrected chi connectivity index (χ0v) is 18.1. The smallest absolute Gasteiger partial charge is 0.240 e. The van der Waals surface area contributed by atoms with Gasteiger partial charge in [0.05, 0.1) is 18.1 Å². The summed E-state index contributed by atoms with van der Waals surface area (Å²) in [5, 5.41) is 33.3. The Labute approximate surface area is 180 Å². The summed E-state index contributed by atoms with van der Waals surface area (Å²) in [4.78, 5) is 24.6. The van der Waals surface area contributed by atoms with Gasteiger partial charge in [-0.2, -0.15) is 11.8 Å². The fourth-order valence-corrected chi connectivity index (χ4v) is 4.96. The zero-order chi connectivity index (χ0) is 21.7. The fraction of sp³-hybridized carbons (Fsp3) is 0.600. The number of nitrogens with one attached hydrogen (secondary N) is 1. The molecule has 0 unspecified atom stereocenters. The summed E-state index contributed by atoms with van der Waals surface area (Å²) in [7, 11) is 0. The van der Waals surface area contributed by atoms with Gasteiger partial charge in [0, 0.05) is 16.0 Å². The second-order valence-electron chi connectivity index (χ2n) is 7.89. The van der Waals surface area contributed by atoms with Crippen molar-refractivity contribution in [3.63, 3.8) is 0 Å². The Balaban J connectivity index is 2.14. The lowest BCUT2D eigenvalue weighted by Gasteiger charge is -2.40. The number of primary amides is 1. The van der Waals surface area contributed by atoms with E-state index in [1.54, 1.807) is 12.1 Å². The van der Waals surface area contributed by atoms with Crippen molar-refractivity contribution in [2.45, 2.75) is 62.0 Å². The third kappa shape index (κ3) is 6.58. The molecule has 162 valence electrons. The van der Waals surface area contributed by atoms with Gasteiger partial charge in [-0.25, -0.2) is 0 Å². The summed E-state index contributed by atoms with van der Waals surface area (Å²) in [6.07, 6.45) is -3.49. The molecule has 1 fully saturated rings. The van der Waals surface area contributed by atoms with Gasteiger partial charge in [-0.3, -0.25) is 9.59 Å². The van der Waals surface area contributed by atoms with Gasteiger partial charge in [-0.1, -0.05) is 37.6 Å². The van der Waals surface area contributed by atoms with Crippen molar-refractivity contribution in [2.75, 3.05) is 0 Å². The lowest BCUT2D eigenvalue weighted by atomic mass is 9.82. The van der Waals surface area contributed by atoms with Crippen molar-refractivity contribution in [3.05, 3.63) is 34.9 Å². The van der Waals surface area contributed by atoms with Crippen molar-refractivity contribution in [3.8, 4) is 0 Å². The monoisotopic (exact) mass is 444 g/mol. The number of carbonyl (C=O) groups is 2. The van der Waals surface area contributed by atoms with Crippen LogP contribution in [0.25, 0.3) is 0 Å². The SMILES string of the molecule is CC(C)C[C@H](NC(=O)[C@H]1C[C@@H](O)[C@H](O)[C@H](O)[C@H]1SCc1ccc(Cl)cc1)C(N)=O. The lowest BCUT2D eigenvalue weighted by molar-refractivity contribution is -0.139. The first kappa shape index (κ1) is 24.0. The number of nitrogens with two attached hydrogens (primary N) is 1. The summed E-state index contributed by atoms with van der Waals surface area (Å²) >= 11 is 7.21. The van der Waals surface area contributed by atoms with Crippen LogP contribution in [0.5, 0.6) is 0 Å². The third-order valence-electron chi connectivity index (χ3n) is 5.03. The van der Waals surface area contributed by atoms with E-state index in [2.05, 4.69) is 5.32 Å². The van der Waals surface area contributed by atoms with Gasteiger partial charge in [0.2, 0.25) is 11.8 Å². The molecule has 2 amide bonds. The standard InChI is InChI=1S/C20H29ClN2O5S/c1-10(2)7-14(19(22)27)23-20(28)13-8-15(24)16(25)17(26)18(13)29-9-11-3-5-12(21)6-4-11/h3-6,10,13-18,24-26H,7-9H2,1-2H3,(H2,22,27)(H,23,28)/t13-,14-,15+,16-,17-,18-/m0/s1. The quantitative estimate of drug-likeness (QED) is 0.407. The molecule has 1 saturated carbocycles. The van der Waals surface area contributed by atoms with Crippen molar-refractivity contribution in [1.82, 2.24) is 5.32 Å². The molecule has 2 rings (SSSR count). The number of carbonyl (C=O) groups excluding carboxylic acids is 2. The van der Waals surface area contributed by atoms with E-state index >= 15 is 0 Å². The summed E-state index contributed by atoms with van der Waals surface area (Å²) < 4.78 is 0. The molecular weight excluding hydrogens is 416 g/mol. The van der Waals surface area contributed by atoms with Gasteiger partial charge in [-0.15, -0.1) is 0 Å². The maximum atomic E-state index is 12.9. The molecule has 0 radical (unpaired) electrons. The number of rotatable bonds is 8. The summed E-state index contributed by atoms with van der Waals surface area (Å²) in [6.45, 7) is 3.83. The third-order valence-corrected chi connectivity index (χ3v) is 6.78. The maximum Gasteiger partial charge on any atom is 0.240 e. The van der Waals surface area contributed by atoms with Crippen molar-refractivity contribution in [2.24, 2.45) is 17.6 Å². The highest BCUT2D eigenvalue weighted by molar-refractivity contribution is 7.99. The second-order valence-corrected chi connectivity index (χ2v) is 9.49. The number of halogens is 1. The summed E-state index contributed by atoms with van der Waals surface area (Å²) in [5.74, 6) is -1.25. The predicted octanol–water partition coefficient (Wildman–Crippen LogP) is 1.06. The maximum absolute atomic E-state index is 12.9. The Bertz CT molecular complexity index is 703. The van der Waals surface area contributed by atoms with Gasteiger partial charge >= 0.3 is 0 Å². The largest absolute Gasteiger partial charge is 0.390 e. The topological polar surface area (TPSA) is 133 Å². The first-order valence-electron chi connectivity index (χ1n) is 9.60. The minimum Gasteiger partial charge on any atom is -0.390 e. The van der Waals surface area contributed by atoms with Crippen LogP contribution in [0.4, 0.5) is 0 Å². The average molecular weight is 445 g/mol. The second kappa shape index (κ2) is 10.6. The molecule has 6 N–H and O–H groups in total. The Morgan fingerprint density at radius 3 is 2.38 bits per heavy atom. The van der Waals surface area contributed by atoms with E-state index in [0.717, 1.165) is 5.56 Å².